The second-order valence-corrected chi connectivity index (χ2v) is 8.82. The lowest BCUT2D eigenvalue weighted by Gasteiger charge is -2.39. The Bertz CT molecular complexity index is 989. The van der Waals surface area contributed by atoms with E-state index >= 15 is 0 Å². The van der Waals surface area contributed by atoms with Crippen LogP contribution in [0.3, 0.4) is 0 Å². The van der Waals surface area contributed by atoms with E-state index in [0.717, 1.165) is 33.6 Å². The molecule has 1 unspecified atom stereocenters. The maximum atomic E-state index is 12.7. The molecule has 1 aliphatic heterocycles. The summed E-state index contributed by atoms with van der Waals surface area (Å²) in [6.07, 6.45) is 0.556. The van der Waals surface area contributed by atoms with Gasteiger partial charge in [-0.3, -0.25) is 4.79 Å². The van der Waals surface area contributed by atoms with Crippen LogP contribution in [0.15, 0.2) is 30.3 Å². The molecule has 2 radical (unpaired) electrons. The van der Waals surface area contributed by atoms with Gasteiger partial charge in [-0.1, -0.05) is 29.7 Å². The number of aryl methyl sites for hydroxylation is 1. The van der Waals surface area contributed by atoms with Crippen molar-refractivity contribution in [3.63, 3.8) is 0 Å². The molecular weight excluding hydrogens is 377 g/mol. The van der Waals surface area contributed by atoms with Gasteiger partial charge in [0.2, 0.25) is 0 Å². The molecule has 0 amide bonds. The number of ether oxygens (including phenoxy) is 2. The summed E-state index contributed by atoms with van der Waals surface area (Å²) < 4.78 is 11.9. The van der Waals surface area contributed by atoms with Crippen molar-refractivity contribution in [2.24, 2.45) is 5.92 Å². The van der Waals surface area contributed by atoms with E-state index in [2.05, 4.69) is 0 Å². The molecule has 2 aromatic rings. The average molecular weight is 405 g/mol. The third-order valence-electron chi connectivity index (χ3n) is 6.52. The summed E-state index contributed by atoms with van der Waals surface area (Å²) >= 11 is 0. The highest BCUT2D eigenvalue weighted by Crippen LogP contribution is 2.52. The number of aliphatic hydroxyl groups is 1. The number of hydrogen-bond acceptors (Lipinski definition) is 5. The molecule has 6 heteroatoms. The highest BCUT2D eigenvalue weighted by molar-refractivity contribution is 6.33. The summed E-state index contributed by atoms with van der Waals surface area (Å²) in [6, 6.07) is 9.66. The minimum atomic E-state index is -1.20. The van der Waals surface area contributed by atoms with Crippen molar-refractivity contribution in [2.75, 3.05) is 20.6 Å². The standard InChI is InChI=1S/C24H28BNO4/c1-14-11-20(29-13-16-7-5-6-8-19(16)25)15(2)21-17(14)9-10-24(28)18(12-26(3)4)23(27)30-22(21)24/h5-8,11,18,22,28H,9-10,12-13H2,1-4H3/t18?,22-,24+/m0/s1. The number of carbonyl (C=O) groups is 1. The SMILES string of the molecule is [B]c1ccccc1COc1cc(C)c2c(c1C)[C@@H]1OC(=O)C(CN(C)C)[C@]1(O)CC2. The monoisotopic (exact) mass is 405 g/mol. The highest BCUT2D eigenvalue weighted by atomic mass is 16.6. The van der Waals surface area contributed by atoms with Crippen LogP contribution in [0.5, 0.6) is 5.75 Å². The number of esters is 1. The number of nitrogens with zero attached hydrogens (tertiary/aromatic N) is 1. The van der Waals surface area contributed by atoms with Gasteiger partial charge in [-0.15, -0.1) is 0 Å². The van der Waals surface area contributed by atoms with E-state index in [0.29, 0.717) is 31.5 Å². The lowest BCUT2D eigenvalue weighted by Crippen LogP contribution is -2.47. The molecule has 0 spiro atoms. The van der Waals surface area contributed by atoms with Crippen LogP contribution in [-0.4, -0.2) is 50.1 Å². The van der Waals surface area contributed by atoms with Crippen LogP contribution < -0.4 is 10.2 Å². The summed E-state index contributed by atoms with van der Waals surface area (Å²) in [5, 5.41) is 11.6. The van der Waals surface area contributed by atoms with E-state index < -0.39 is 17.6 Å². The lowest BCUT2D eigenvalue weighted by molar-refractivity contribution is -0.145. The summed E-state index contributed by atoms with van der Waals surface area (Å²) in [7, 11) is 9.85. The zero-order valence-corrected chi connectivity index (χ0v) is 18.1. The van der Waals surface area contributed by atoms with Crippen LogP contribution in [0.4, 0.5) is 0 Å². The van der Waals surface area contributed by atoms with Crippen molar-refractivity contribution in [1.82, 2.24) is 4.90 Å². The molecular formula is C24H28BNO4. The Labute approximate surface area is 179 Å². The topological polar surface area (TPSA) is 59.0 Å². The van der Waals surface area contributed by atoms with E-state index in [1.54, 1.807) is 0 Å². The molecule has 0 saturated carbocycles. The number of rotatable bonds is 5. The Morgan fingerprint density at radius 3 is 2.73 bits per heavy atom. The van der Waals surface area contributed by atoms with Crippen molar-refractivity contribution in [3.8, 4) is 5.75 Å². The molecule has 4 rings (SSSR count). The zero-order valence-electron chi connectivity index (χ0n) is 18.1. The first-order valence-corrected chi connectivity index (χ1v) is 10.4. The summed E-state index contributed by atoms with van der Waals surface area (Å²) in [6.45, 7) is 4.83. The van der Waals surface area contributed by atoms with Gasteiger partial charge in [0.1, 0.15) is 31.7 Å². The normalized spacial score (nSPS) is 25.1. The first kappa shape index (κ1) is 20.9. The molecule has 3 atom stereocenters. The van der Waals surface area contributed by atoms with Crippen LogP contribution in [0.1, 0.15) is 40.3 Å². The zero-order chi connectivity index (χ0) is 21.6. The molecule has 1 saturated heterocycles. The first-order valence-electron chi connectivity index (χ1n) is 10.4. The molecule has 0 aromatic heterocycles. The van der Waals surface area contributed by atoms with E-state index in [9.17, 15) is 9.90 Å². The quantitative estimate of drug-likeness (QED) is 0.610. The van der Waals surface area contributed by atoms with E-state index in [1.807, 2.05) is 63.2 Å². The van der Waals surface area contributed by atoms with Gasteiger partial charge in [0.15, 0.2) is 6.10 Å². The van der Waals surface area contributed by atoms with Gasteiger partial charge in [0.05, 0.1) is 0 Å². The minimum Gasteiger partial charge on any atom is -0.489 e. The first-order chi connectivity index (χ1) is 14.2. The van der Waals surface area contributed by atoms with Crippen molar-refractivity contribution in [1.29, 1.82) is 0 Å². The maximum absolute atomic E-state index is 12.7. The van der Waals surface area contributed by atoms with Crippen LogP contribution in [0.25, 0.3) is 0 Å². The summed E-state index contributed by atoms with van der Waals surface area (Å²) in [5.74, 6) is -0.158. The van der Waals surface area contributed by atoms with E-state index in [1.165, 1.54) is 0 Å². The van der Waals surface area contributed by atoms with Crippen molar-refractivity contribution < 1.29 is 19.4 Å². The molecule has 2 aromatic carbocycles. The Balaban J connectivity index is 1.70. The maximum Gasteiger partial charge on any atom is 0.314 e. The smallest absolute Gasteiger partial charge is 0.314 e. The van der Waals surface area contributed by atoms with Crippen molar-refractivity contribution in [3.05, 3.63) is 58.1 Å². The van der Waals surface area contributed by atoms with Gasteiger partial charge in [0.25, 0.3) is 0 Å². The number of benzene rings is 2. The molecule has 5 nitrogen and oxygen atoms in total. The summed E-state index contributed by atoms with van der Waals surface area (Å²) in [4.78, 5) is 14.6. The van der Waals surface area contributed by atoms with Gasteiger partial charge in [-0.25, -0.2) is 0 Å². The predicted molar refractivity (Wildman–Crippen MR) is 116 cm³/mol. The number of fused-ring (bicyclic) bond motifs is 3. The van der Waals surface area contributed by atoms with Crippen molar-refractivity contribution in [2.45, 2.75) is 45.0 Å². The van der Waals surface area contributed by atoms with Crippen LogP contribution >= 0.6 is 0 Å². The molecule has 156 valence electrons. The van der Waals surface area contributed by atoms with Gasteiger partial charge in [-0.05, 0) is 69.1 Å². The molecule has 2 aliphatic rings. The summed E-state index contributed by atoms with van der Waals surface area (Å²) in [5.41, 5.74) is 4.44. The fourth-order valence-electron chi connectivity index (χ4n) is 4.85. The van der Waals surface area contributed by atoms with Gasteiger partial charge >= 0.3 is 5.97 Å². The molecule has 1 aliphatic carbocycles. The van der Waals surface area contributed by atoms with Gasteiger partial charge < -0.3 is 19.5 Å². The van der Waals surface area contributed by atoms with Gasteiger partial charge in [-0.2, -0.15) is 0 Å². The van der Waals surface area contributed by atoms with E-state index in [4.69, 9.17) is 17.3 Å². The average Bonchev–Trinajstić information content (AvgIpc) is 2.94. The highest BCUT2D eigenvalue weighted by Gasteiger charge is 2.59. The third kappa shape index (κ3) is 3.42. The molecule has 1 N–H and O–H groups in total. The van der Waals surface area contributed by atoms with Crippen LogP contribution in [0, 0.1) is 19.8 Å². The van der Waals surface area contributed by atoms with Crippen LogP contribution in [-0.2, 0) is 22.6 Å². The fraction of sp³-hybridized carbons (Fsp3) is 0.458. The van der Waals surface area contributed by atoms with Crippen LogP contribution in [0.2, 0.25) is 0 Å². The molecule has 30 heavy (non-hydrogen) atoms. The predicted octanol–water partition coefficient (Wildman–Crippen LogP) is 2.13. The molecule has 1 heterocycles. The second kappa shape index (κ2) is 7.75. The third-order valence-corrected chi connectivity index (χ3v) is 6.52. The molecule has 0 bridgehead atoms. The Morgan fingerprint density at radius 2 is 2.03 bits per heavy atom. The fourth-order valence-corrected chi connectivity index (χ4v) is 4.85. The Hall–Kier alpha value is -2.31. The van der Waals surface area contributed by atoms with E-state index in [-0.39, 0.29) is 5.97 Å². The van der Waals surface area contributed by atoms with Gasteiger partial charge in [0, 0.05) is 12.1 Å². The number of hydrogen-bond donors (Lipinski definition) is 1. The van der Waals surface area contributed by atoms with Crippen molar-refractivity contribution >= 4 is 19.3 Å². The lowest BCUT2D eigenvalue weighted by atomic mass is 9.70. The second-order valence-electron chi connectivity index (χ2n) is 8.82. The Kier molecular flexibility index (Phi) is 5.41. The number of carbonyl (C=O) groups excluding carboxylic acids is 1. The minimum absolute atomic E-state index is 0.329. The Morgan fingerprint density at radius 1 is 1.30 bits per heavy atom. The largest absolute Gasteiger partial charge is 0.489 e. The molecule has 1 fully saturated rings.